The smallest absolute Gasteiger partial charge is 0.462 e. The van der Waals surface area contributed by atoms with Crippen LogP contribution >= 0.6 is 7.82 Å². The van der Waals surface area contributed by atoms with Crippen molar-refractivity contribution in [2.45, 2.75) is 243 Å². The van der Waals surface area contributed by atoms with Crippen molar-refractivity contribution in [3.8, 4) is 0 Å². The first-order valence-electron chi connectivity index (χ1n) is 24.1. The number of aliphatic hydroxyl groups excluding tert-OH is 5. The van der Waals surface area contributed by atoms with E-state index in [0.29, 0.717) is 19.3 Å². The van der Waals surface area contributed by atoms with Crippen LogP contribution in [0, 0.1) is 0 Å². The van der Waals surface area contributed by atoms with Gasteiger partial charge in [-0.05, 0) is 38.2 Å². The van der Waals surface area contributed by atoms with Crippen LogP contribution < -0.4 is 0 Å². The molecular weight excluding hydrogens is 819 g/mol. The van der Waals surface area contributed by atoms with Gasteiger partial charge in [-0.15, -0.1) is 0 Å². The lowest BCUT2D eigenvalue weighted by molar-refractivity contribution is -0.220. The molecule has 1 fully saturated rings. The number of rotatable bonds is 40. The van der Waals surface area contributed by atoms with Crippen LogP contribution in [0.2, 0.25) is 0 Å². The lowest BCUT2D eigenvalue weighted by Gasteiger charge is -2.41. The fourth-order valence-corrected chi connectivity index (χ4v) is 8.30. The maximum atomic E-state index is 12.8. The molecular formula is C47H85O14P. The van der Waals surface area contributed by atoms with Crippen molar-refractivity contribution < 1.29 is 67.9 Å². The van der Waals surface area contributed by atoms with Crippen LogP contribution in [0.1, 0.15) is 200 Å². The Bertz CT molecular complexity index is 1250. The highest BCUT2D eigenvalue weighted by molar-refractivity contribution is 7.47. The van der Waals surface area contributed by atoms with Crippen molar-refractivity contribution >= 4 is 25.5 Å². The molecule has 3 unspecified atom stereocenters. The summed E-state index contributed by atoms with van der Waals surface area (Å²) in [7, 11) is -5.13. The van der Waals surface area contributed by atoms with Crippen LogP contribution in [0.4, 0.5) is 0 Å². The van der Waals surface area contributed by atoms with Gasteiger partial charge in [0.05, 0.1) is 6.61 Å². The summed E-state index contributed by atoms with van der Waals surface area (Å²) in [5, 5.41) is 50.2. The quantitative estimate of drug-likeness (QED) is 0.0111. The van der Waals surface area contributed by atoms with E-state index in [-0.39, 0.29) is 18.6 Å². The van der Waals surface area contributed by atoms with E-state index in [0.717, 1.165) is 77.0 Å². The predicted octanol–water partition coefficient (Wildman–Crippen LogP) is 8.80. The van der Waals surface area contributed by atoms with Crippen LogP contribution in [-0.2, 0) is 37.5 Å². The molecule has 0 aromatic rings. The topological polar surface area (TPSA) is 227 Å². The number of phosphoric acid groups is 1. The molecule has 0 saturated heterocycles. The number of carbonyl (C=O) groups excluding carboxylic acids is 3. The third-order valence-corrected chi connectivity index (χ3v) is 12.3. The van der Waals surface area contributed by atoms with Crippen molar-refractivity contribution in [3.63, 3.8) is 0 Å². The number of ketones is 1. The second kappa shape index (κ2) is 37.2. The molecule has 14 nitrogen and oxygen atoms in total. The minimum absolute atomic E-state index is 0.0835. The summed E-state index contributed by atoms with van der Waals surface area (Å²) >= 11 is 0. The minimum Gasteiger partial charge on any atom is -0.462 e. The number of phosphoric ester groups is 1. The SMILES string of the molecule is CCCCCCCCCCCCCCCCCCCC(=O)O[C@H](COC(=O)CCCCCCC/C=C\C=C\C(=O)CCCCC)COP(=O)(O)OC1[C@H](O)[C@H](O)C(O)[C@H](O)[C@H]1O. The Kier molecular flexibility index (Phi) is 34.9. The van der Waals surface area contributed by atoms with Crippen molar-refractivity contribution in [1.29, 1.82) is 0 Å². The van der Waals surface area contributed by atoms with Crippen LogP contribution in [0.15, 0.2) is 24.3 Å². The van der Waals surface area contributed by atoms with Crippen molar-refractivity contribution in [3.05, 3.63) is 24.3 Å². The first-order valence-corrected chi connectivity index (χ1v) is 25.6. The largest absolute Gasteiger partial charge is 0.472 e. The molecule has 0 radical (unpaired) electrons. The fraction of sp³-hybridized carbons (Fsp3) is 0.851. The monoisotopic (exact) mass is 905 g/mol. The van der Waals surface area contributed by atoms with E-state index < -0.39 is 75.7 Å². The number of carbonyl (C=O) groups is 3. The van der Waals surface area contributed by atoms with Crippen LogP contribution in [-0.4, -0.2) is 104 Å². The number of esters is 2. The van der Waals surface area contributed by atoms with Gasteiger partial charge in [0.15, 0.2) is 11.9 Å². The Balaban J connectivity index is 2.46. The van der Waals surface area contributed by atoms with Gasteiger partial charge in [0.25, 0.3) is 0 Å². The molecule has 0 bridgehead atoms. The Morgan fingerprint density at radius 1 is 0.532 bits per heavy atom. The second-order valence-corrected chi connectivity index (χ2v) is 18.4. The lowest BCUT2D eigenvalue weighted by atomic mass is 9.85. The van der Waals surface area contributed by atoms with Gasteiger partial charge in [0.2, 0.25) is 0 Å². The second-order valence-electron chi connectivity index (χ2n) is 17.0. The molecule has 0 heterocycles. The Morgan fingerprint density at radius 3 is 1.47 bits per heavy atom. The van der Waals surface area contributed by atoms with E-state index >= 15 is 0 Å². The third-order valence-electron chi connectivity index (χ3n) is 11.3. The highest BCUT2D eigenvalue weighted by atomic mass is 31.2. The third kappa shape index (κ3) is 29.4. The summed E-state index contributed by atoms with van der Waals surface area (Å²) in [5.74, 6) is -1.01. The molecule has 15 heteroatoms. The first-order chi connectivity index (χ1) is 29.8. The van der Waals surface area contributed by atoms with Crippen molar-refractivity contribution in [2.75, 3.05) is 13.2 Å². The van der Waals surface area contributed by atoms with E-state index in [1.165, 1.54) is 77.0 Å². The molecule has 0 aromatic carbocycles. The zero-order valence-corrected chi connectivity index (χ0v) is 39.1. The standard InChI is InChI=1S/C47H85O14P/c1-3-5-7-8-9-10-11-12-13-14-15-16-17-20-24-27-31-35-41(50)60-39(37-59-62(56,57)61-47-45(54)43(52)42(51)44(53)46(47)55)36-58-40(49)34-30-26-23-21-18-19-22-25-29-33-38(48)32-28-6-4-2/h22,25,29,33,39,42-47,51-55H,3-21,23-24,26-28,30-32,34-37H2,1-2H3,(H,56,57)/b25-22-,33-29+/t39-,42?,43-,44+,45-,46-,47?/m1/s1. The predicted molar refractivity (Wildman–Crippen MR) is 240 cm³/mol. The van der Waals surface area contributed by atoms with Crippen LogP contribution in [0.5, 0.6) is 0 Å². The molecule has 0 aromatic heterocycles. The average molecular weight is 905 g/mol. The molecule has 1 aliphatic rings. The molecule has 62 heavy (non-hydrogen) atoms. The number of hydrogen-bond donors (Lipinski definition) is 6. The number of ether oxygens (including phenoxy) is 2. The molecule has 1 aliphatic carbocycles. The van der Waals surface area contributed by atoms with Gasteiger partial charge in [-0.3, -0.25) is 23.4 Å². The van der Waals surface area contributed by atoms with Gasteiger partial charge in [-0.1, -0.05) is 167 Å². The summed E-state index contributed by atoms with van der Waals surface area (Å²) in [6.45, 7) is 3.13. The van der Waals surface area contributed by atoms with Crippen molar-refractivity contribution in [2.24, 2.45) is 0 Å². The van der Waals surface area contributed by atoms with Crippen LogP contribution in [0.25, 0.3) is 0 Å². The van der Waals surface area contributed by atoms with Gasteiger partial charge in [0.1, 0.15) is 43.2 Å². The Morgan fingerprint density at radius 2 is 0.952 bits per heavy atom. The molecule has 0 amide bonds. The molecule has 1 saturated carbocycles. The normalized spacial score (nSPS) is 21.9. The molecule has 0 spiro atoms. The summed E-state index contributed by atoms with van der Waals surface area (Å²) in [5.41, 5.74) is 0. The molecule has 362 valence electrons. The number of hydrogen-bond acceptors (Lipinski definition) is 13. The van der Waals surface area contributed by atoms with Gasteiger partial charge in [0, 0.05) is 19.3 Å². The zero-order valence-electron chi connectivity index (χ0n) is 38.2. The van der Waals surface area contributed by atoms with Gasteiger partial charge < -0.3 is 39.9 Å². The van der Waals surface area contributed by atoms with E-state index in [9.17, 15) is 49.4 Å². The summed E-state index contributed by atoms with van der Waals surface area (Å²) < 4.78 is 33.5. The van der Waals surface area contributed by atoms with Gasteiger partial charge >= 0.3 is 19.8 Å². The van der Waals surface area contributed by atoms with Gasteiger partial charge in [-0.2, -0.15) is 0 Å². The fourth-order valence-electron chi connectivity index (χ4n) is 7.33. The Labute approximate surface area is 372 Å². The summed E-state index contributed by atoms with van der Waals surface area (Å²) in [6, 6.07) is 0. The molecule has 6 N–H and O–H groups in total. The number of aliphatic hydroxyl groups is 5. The van der Waals surface area contributed by atoms with Crippen LogP contribution in [0.3, 0.4) is 0 Å². The molecule has 8 atom stereocenters. The Hall–Kier alpha value is -2.00. The maximum absolute atomic E-state index is 12.8. The van der Waals surface area contributed by atoms with E-state index in [1.807, 2.05) is 12.2 Å². The van der Waals surface area contributed by atoms with Crippen molar-refractivity contribution in [1.82, 2.24) is 0 Å². The molecule has 0 aliphatic heterocycles. The van der Waals surface area contributed by atoms with E-state index in [1.54, 1.807) is 12.2 Å². The minimum atomic E-state index is -5.13. The zero-order chi connectivity index (χ0) is 45.9. The van der Waals surface area contributed by atoms with E-state index in [2.05, 4.69) is 13.8 Å². The van der Waals surface area contributed by atoms with E-state index in [4.69, 9.17) is 18.5 Å². The highest BCUT2D eigenvalue weighted by Crippen LogP contribution is 2.47. The average Bonchev–Trinajstić information content (AvgIpc) is 3.25. The van der Waals surface area contributed by atoms with Gasteiger partial charge in [-0.25, -0.2) is 4.57 Å². The number of allylic oxidation sites excluding steroid dienone is 4. The summed E-state index contributed by atoms with van der Waals surface area (Å²) in [6.07, 6.45) is 23.5. The first kappa shape index (κ1) is 58.0. The molecule has 1 rings (SSSR count). The highest BCUT2D eigenvalue weighted by Gasteiger charge is 2.51. The lowest BCUT2D eigenvalue weighted by Crippen LogP contribution is -2.64. The maximum Gasteiger partial charge on any atom is 0.472 e. The number of unbranched alkanes of at least 4 members (excludes halogenated alkanes) is 23. The summed E-state index contributed by atoms with van der Waals surface area (Å²) in [4.78, 5) is 47.5.